The summed E-state index contributed by atoms with van der Waals surface area (Å²) in [5.74, 6) is -0.732. The van der Waals surface area contributed by atoms with Gasteiger partial charge in [0.25, 0.3) is 11.8 Å². The molecule has 0 atom stereocenters. The molecule has 1 aliphatic carbocycles. The van der Waals surface area contributed by atoms with Crippen LogP contribution < -0.4 is 11.1 Å². The summed E-state index contributed by atoms with van der Waals surface area (Å²) in [6.07, 6.45) is 5.96. The SMILES string of the molecule is NC(=O)c1c(NC(=O)c2ccncc2)sc2c1CCC2. The summed E-state index contributed by atoms with van der Waals surface area (Å²) in [6, 6.07) is 3.25. The van der Waals surface area contributed by atoms with E-state index in [-0.39, 0.29) is 5.91 Å². The Balaban J connectivity index is 1.92. The molecule has 0 aromatic carbocycles. The molecular formula is C14H13N3O2S. The van der Waals surface area contributed by atoms with Crippen molar-refractivity contribution in [2.75, 3.05) is 5.32 Å². The fraction of sp³-hybridized carbons (Fsp3) is 0.214. The van der Waals surface area contributed by atoms with Crippen LogP contribution in [0.4, 0.5) is 5.00 Å². The Hall–Kier alpha value is -2.21. The number of hydrogen-bond donors (Lipinski definition) is 2. The van der Waals surface area contributed by atoms with Gasteiger partial charge in [-0.05, 0) is 37.0 Å². The topological polar surface area (TPSA) is 85.1 Å². The van der Waals surface area contributed by atoms with Crippen molar-refractivity contribution in [2.24, 2.45) is 5.73 Å². The van der Waals surface area contributed by atoms with Crippen molar-refractivity contribution in [2.45, 2.75) is 19.3 Å². The van der Waals surface area contributed by atoms with Gasteiger partial charge < -0.3 is 11.1 Å². The van der Waals surface area contributed by atoms with Crippen molar-refractivity contribution >= 4 is 28.2 Å². The van der Waals surface area contributed by atoms with E-state index >= 15 is 0 Å². The highest BCUT2D eigenvalue weighted by atomic mass is 32.1. The highest BCUT2D eigenvalue weighted by molar-refractivity contribution is 7.17. The van der Waals surface area contributed by atoms with Crippen molar-refractivity contribution in [3.63, 3.8) is 0 Å². The van der Waals surface area contributed by atoms with Crippen LogP contribution in [0.15, 0.2) is 24.5 Å². The van der Waals surface area contributed by atoms with Gasteiger partial charge in [0.05, 0.1) is 5.56 Å². The Morgan fingerprint density at radius 1 is 1.25 bits per heavy atom. The predicted octanol–water partition coefficient (Wildman–Crippen LogP) is 1.98. The summed E-state index contributed by atoms with van der Waals surface area (Å²) >= 11 is 1.45. The average Bonchev–Trinajstić information content (AvgIpc) is 2.99. The van der Waals surface area contributed by atoms with Crippen LogP contribution in [0.2, 0.25) is 0 Å². The van der Waals surface area contributed by atoms with Gasteiger partial charge in [-0.15, -0.1) is 11.3 Å². The first-order valence-corrected chi connectivity index (χ1v) is 7.14. The number of nitrogens with zero attached hydrogens (tertiary/aromatic N) is 1. The maximum Gasteiger partial charge on any atom is 0.256 e. The second-order valence-corrected chi connectivity index (χ2v) is 5.72. The van der Waals surface area contributed by atoms with E-state index in [2.05, 4.69) is 10.3 Å². The molecule has 20 heavy (non-hydrogen) atoms. The van der Waals surface area contributed by atoms with Crippen LogP contribution in [0.1, 0.15) is 37.6 Å². The summed E-state index contributed by atoms with van der Waals surface area (Å²) in [6.45, 7) is 0. The number of amides is 2. The van der Waals surface area contributed by atoms with Crippen LogP contribution in [0.25, 0.3) is 0 Å². The largest absolute Gasteiger partial charge is 0.365 e. The first kappa shape index (κ1) is 12.8. The lowest BCUT2D eigenvalue weighted by atomic mass is 10.1. The van der Waals surface area contributed by atoms with Gasteiger partial charge in [-0.3, -0.25) is 14.6 Å². The third kappa shape index (κ3) is 2.18. The fourth-order valence-electron chi connectivity index (χ4n) is 2.43. The number of primary amides is 1. The highest BCUT2D eigenvalue weighted by Crippen LogP contribution is 2.38. The van der Waals surface area contributed by atoms with E-state index in [1.165, 1.54) is 11.3 Å². The molecule has 3 rings (SSSR count). The Morgan fingerprint density at radius 3 is 2.70 bits per heavy atom. The van der Waals surface area contributed by atoms with Crippen LogP contribution in [0.3, 0.4) is 0 Å². The molecule has 0 saturated carbocycles. The maximum absolute atomic E-state index is 12.1. The molecular weight excluding hydrogens is 274 g/mol. The number of thiophene rings is 1. The number of carbonyl (C=O) groups is 2. The van der Waals surface area contributed by atoms with Crippen LogP contribution in [-0.2, 0) is 12.8 Å². The van der Waals surface area contributed by atoms with Gasteiger partial charge >= 0.3 is 0 Å². The molecule has 2 aromatic rings. The van der Waals surface area contributed by atoms with E-state index in [1.807, 2.05) is 0 Å². The zero-order valence-corrected chi connectivity index (χ0v) is 11.5. The minimum absolute atomic E-state index is 0.255. The molecule has 0 aliphatic heterocycles. The van der Waals surface area contributed by atoms with Crippen LogP contribution >= 0.6 is 11.3 Å². The molecule has 0 radical (unpaired) electrons. The first-order valence-electron chi connectivity index (χ1n) is 6.32. The average molecular weight is 287 g/mol. The minimum Gasteiger partial charge on any atom is -0.365 e. The highest BCUT2D eigenvalue weighted by Gasteiger charge is 2.26. The zero-order valence-electron chi connectivity index (χ0n) is 10.7. The smallest absolute Gasteiger partial charge is 0.256 e. The molecule has 0 bridgehead atoms. The number of hydrogen-bond acceptors (Lipinski definition) is 4. The lowest BCUT2D eigenvalue weighted by Crippen LogP contribution is -2.17. The van der Waals surface area contributed by atoms with E-state index in [9.17, 15) is 9.59 Å². The third-order valence-electron chi connectivity index (χ3n) is 3.34. The van der Waals surface area contributed by atoms with E-state index in [4.69, 9.17) is 5.73 Å². The zero-order chi connectivity index (χ0) is 14.1. The molecule has 5 nitrogen and oxygen atoms in total. The van der Waals surface area contributed by atoms with E-state index in [1.54, 1.807) is 24.5 Å². The van der Waals surface area contributed by atoms with Gasteiger partial charge in [-0.1, -0.05) is 0 Å². The summed E-state index contributed by atoms with van der Waals surface area (Å²) in [4.78, 5) is 28.8. The molecule has 2 amide bonds. The number of pyridine rings is 1. The van der Waals surface area contributed by atoms with Gasteiger partial charge in [0, 0.05) is 22.8 Å². The van der Waals surface area contributed by atoms with Crippen LogP contribution in [0, 0.1) is 0 Å². The lowest BCUT2D eigenvalue weighted by Gasteiger charge is -2.05. The van der Waals surface area contributed by atoms with E-state index < -0.39 is 5.91 Å². The van der Waals surface area contributed by atoms with Crippen molar-refractivity contribution < 1.29 is 9.59 Å². The molecule has 0 spiro atoms. The standard InChI is InChI=1S/C14H13N3O2S/c15-12(18)11-9-2-1-3-10(9)20-14(11)17-13(19)8-4-6-16-7-5-8/h4-7H,1-3H2,(H2,15,18)(H,17,19). The Labute approximate surface area is 119 Å². The Bertz CT molecular complexity index is 679. The Morgan fingerprint density at radius 2 is 2.00 bits per heavy atom. The maximum atomic E-state index is 12.1. The fourth-order valence-corrected chi connectivity index (χ4v) is 3.72. The number of nitrogens with two attached hydrogens (primary N) is 1. The summed E-state index contributed by atoms with van der Waals surface area (Å²) in [5, 5.41) is 3.35. The molecule has 102 valence electrons. The summed E-state index contributed by atoms with van der Waals surface area (Å²) in [7, 11) is 0. The molecule has 0 fully saturated rings. The number of aryl methyl sites for hydroxylation is 1. The van der Waals surface area contributed by atoms with Gasteiger partial charge in [-0.2, -0.15) is 0 Å². The van der Waals surface area contributed by atoms with Crippen LogP contribution in [0.5, 0.6) is 0 Å². The number of fused-ring (bicyclic) bond motifs is 1. The van der Waals surface area contributed by atoms with Crippen molar-refractivity contribution in [1.29, 1.82) is 0 Å². The van der Waals surface area contributed by atoms with Gasteiger partial charge in [0.1, 0.15) is 5.00 Å². The number of rotatable bonds is 3. The monoisotopic (exact) mass is 287 g/mol. The van der Waals surface area contributed by atoms with Crippen molar-refractivity contribution in [3.8, 4) is 0 Å². The van der Waals surface area contributed by atoms with Gasteiger partial charge in [0.2, 0.25) is 0 Å². The molecule has 0 unspecified atom stereocenters. The second-order valence-electron chi connectivity index (χ2n) is 4.62. The van der Waals surface area contributed by atoms with Crippen molar-refractivity contribution in [3.05, 3.63) is 46.1 Å². The van der Waals surface area contributed by atoms with E-state index in [0.717, 1.165) is 29.7 Å². The molecule has 2 heterocycles. The number of aromatic nitrogens is 1. The molecule has 2 aromatic heterocycles. The van der Waals surface area contributed by atoms with Crippen molar-refractivity contribution in [1.82, 2.24) is 4.98 Å². The summed E-state index contributed by atoms with van der Waals surface area (Å²) < 4.78 is 0. The normalized spacial score (nSPS) is 13.0. The van der Waals surface area contributed by atoms with Crippen LogP contribution in [-0.4, -0.2) is 16.8 Å². The lowest BCUT2D eigenvalue weighted by molar-refractivity contribution is 0.100. The second kappa shape index (κ2) is 5.05. The number of anilines is 1. The quantitative estimate of drug-likeness (QED) is 0.905. The van der Waals surface area contributed by atoms with E-state index in [0.29, 0.717) is 16.1 Å². The predicted molar refractivity (Wildman–Crippen MR) is 77.1 cm³/mol. The summed E-state index contributed by atoms with van der Waals surface area (Å²) in [5.41, 5.74) is 7.44. The minimum atomic E-state index is -0.477. The van der Waals surface area contributed by atoms with Gasteiger partial charge in [-0.25, -0.2) is 0 Å². The molecule has 0 saturated heterocycles. The molecule has 1 aliphatic rings. The Kier molecular flexibility index (Phi) is 3.23. The number of nitrogens with one attached hydrogen (secondary N) is 1. The first-order chi connectivity index (χ1) is 9.66. The number of carbonyl (C=O) groups excluding carboxylic acids is 2. The van der Waals surface area contributed by atoms with Gasteiger partial charge in [0.15, 0.2) is 0 Å². The molecule has 6 heteroatoms. The third-order valence-corrected chi connectivity index (χ3v) is 4.54. The molecule has 3 N–H and O–H groups in total.